The van der Waals surface area contributed by atoms with Crippen LogP contribution in [-0.2, 0) is 4.79 Å². The minimum absolute atomic E-state index is 0.0962. The van der Waals surface area contributed by atoms with Gasteiger partial charge in [0.1, 0.15) is 0 Å². The lowest BCUT2D eigenvalue weighted by atomic mass is 9.74. The molecule has 94 valence electrons. The summed E-state index contributed by atoms with van der Waals surface area (Å²) in [7, 11) is 0. The van der Waals surface area contributed by atoms with Crippen LogP contribution in [0.3, 0.4) is 0 Å². The van der Waals surface area contributed by atoms with Gasteiger partial charge in [-0.15, -0.1) is 0 Å². The Bertz CT molecular complexity index is 419. The fraction of sp³-hybridized carbons (Fsp3) is 0.538. The predicted octanol–water partition coefficient (Wildman–Crippen LogP) is 2.09. The van der Waals surface area contributed by atoms with Crippen LogP contribution in [0.1, 0.15) is 33.3 Å². The Labute approximate surface area is 103 Å². The molecule has 1 aromatic rings. The smallest absolute Gasteiger partial charge is 0.231 e. The molecule has 1 heterocycles. The molecule has 0 saturated heterocycles. The van der Waals surface area contributed by atoms with Crippen LogP contribution in [0.2, 0.25) is 0 Å². The van der Waals surface area contributed by atoms with Crippen LogP contribution in [0.5, 0.6) is 0 Å². The third-order valence-electron chi connectivity index (χ3n) is 3.47. The molecule has 17 heavy (non-hydrogen) atoms. The van der Waals surface area contributed by atoms with Gasteiger partial charge in [-0.2, -0.15) is 0 Å². The second-order valence-corrected chi connectivity index (χ2v) is 5.49. The molecule has 0 radical (unpaired) electrons. The maximum atomic E-state index is 12.2. The number of carbonyl (C=O) groups excluding carboxylic acids is 1. The molecule has 3 N–H and O–H groups in total. The van der Waals surface area contributed by atoms with Gasteiger partial charge in [0, 0.05) is 11.7 Å². The molecular formula is C13H21N3O. The summed E-state index contributed by atoms with van der Waals surface area (Å²) in [5.41, 5.74) is 6.50. The highest BCUT2D eigenvalue weighted by atomic mass is 16.2. The van der Waals surface area contributed by atoms with Crippen molar-refractivity contribution in [3.63, 3.8) is 0 Å². The monoisotopic (exact) mass is 235 g/mol. The summed E-state index contributed by atoms with van der Waals surface area (Å²) in [5.74, 6) is -0.0962. The van der Waals surface area contributed by atoms with Crippen LogP contribution < -0.4 is 11.1 Å². The number of nitrogens with one attached hydrogen (secondary N) is 1. The Balaban J connectivity index is 2.91. The molecular weight excluding hydrogens is 214 g/mol. The van der Waals surface area contributed by atoms with Crippen LogP contribution in [0.4, 0.5) is 5.69 Å². The minimum Gasteiger partial charge on any atom is -0.325 e. The molecule has 0 aliphatic carbocycles. The van der Waals surface area contributed by atoms with Crippen molar-refractivity contribution in [1.82, 2.24) is 4.98 Å². The van der Waals surface area contributed by atoms with Gasteiger partial charge in [-0.25, -0.2) is 0 Å². The molecule has 1 amide bonds. The largest absolute Gasteiger partial charge is 0.325 e. The summed E-state index contributed by atoms with van der Waals surface area (Å²) in [6, 6.07) is 1.86. The molecule has 0 unspecified atom stereocenters. The van der Waals surface area contributed by atoms with Crippen molar-refractivity contribution in [1.29, 1.82) is 0 Å². The van der Waals surface area contributed by atoms with E-state index in [2.05, 4.69) is 10.3 Å². The van der Waals surface area contributed by atoms with Crippen molar-refractivity contribution in [2.45, 2.75) is 40.2 Å². The van der Waals surface area contributed by atoms with Gasteiger partial charge < -0.3 is 11.1 Å². The van der Waals surface area contributed by atoms with Gasteiger partial charge in [-0.1, -0.05) is 0 Å². The molecule has 0 saturated carbocycles. The molecule has 0 fully saturated rings. The molecule has 0 spiro atoms. The highest BCUT2D eigenvalue weighted by Gasteiger charge is 2.40. The highest BCUT2D eigenvalue weighted by molar-refractivity contribution is 5.96. The Morgan fingerprint density at radius 1 is 1.35 bits per heavy atom. The number of rotatable bonds is 3. The zero-order valence-electron chi connectivity index (χ0n) is 11.2. The van der Waals surface area contributed by atoms with Gasteiger partial charge >= 0.3 is 0 Å². The van der Waals surface area contributed by atoms with Crippen molar-refractivity contribution in [2.24, 2.45) is 11.1 Å². The summed E-state index contributed by atoms with van der Waals surface area (Å²) in [5, 5.41) is 2.88. The van der Waals surface area contributed by atoms with Gasteiger partial charge in [0.15, 0.2) is 0 Å². The lowest BCUT2D eigenvalue weighted by Crippen LogP contribution is -2.53. The molecule has 0 aliphatic heterocycles. The van der Waals surface area contributed by atoms with E-state index in [0.717, 1.165) is 11.3 Å². The van der Waals surface area contributed by atoms with E-state index in [-0.39, 0.29) is 5.91 Å². The molecule has 1 rings (SSSR count). The molecule has 0 aromatic carbocycles. The molecule has 4 nitrogen and oxygen atoms in total. The number of nitrogens with zero attached hydrogens (tertiary/aromatic N) is 1. The highest BCUT2D eigenvalue weighted by Crippen LogP contribution is 2.30. The minimum atomic E-state index is -0.657. The average molecular weight is 235 g/mol. The van der Waals surface area contributed by atoms with Gasteiger partial charge in [0.2, 0.25) is 5.91 Å². The Hall–Kier alpha value is -1.42. The van der Waals surface area contributed by atoms with E-state index < -0.39 is 11.0 Å². The molecule has 0 bridgehead atoms. The SMILES string of the molecule is Cc1ccncc1NC(=O)C(C)(C)C(C)(C)N. The van der Waals surface area contributed by atoms with Crippen LogP contribution >= 0.6 is 0 Å². The second kappa shape index (κ2) is 4.45. The summed E-state index contributed by atoms with van der Waals surface area (Å²) in [4.78, 5) is 16.2. The van der Waals surface area contributed by atoms with E-state index in [1.54, 1.807) is 12.4 Å². The van der Waals surface area contributed by atoms with Crippen molar-refractivity contribution in [2.75, 3.05) is 5.32 Å². The van der Waals surface area contributed by atoms with E-state index >= 15 is 0 Å². The van der Waals surface area contributed by atoms with Crippen molar-refractivity contribution >= 4 is 11.6 Å². The van der Waals surface area contributed by atoms with Crippen LogP contribution in [0, 0.1) is 12.3 Å². The van der Waals surface area contributed by atoms with Crippen LogP contribution in [0.15, 0.2) is 18.5 Å². The Morgan fingerprint density at radius 3 is 2.41 bits per heavy atom. The number of amides is 1. The van der Waals surface area contributed by atoms with Gasteiger partial charge in [0.25, 0.3) is 0 Å². The first-order chi connectivity index (χ1) is 7.66. The van der Waals surface area contributed by atoms with Crippen LogP contribution in [-0.4, -0.2) is 16.4 Å². The first-order valence-electron chi connectivity index (χ1n) is 5.67. The number of nitrogens with two attached hydrogens (primary N) is 1. The van der Waals surface area contributed by atoms with E-state index in [1.807, 2.05) is 40.7 Å². The number of pyridine rings is 1. The predicted molar refractivity (Wildman–Crippen MR) is 69.7 cm³/mol. The maximum absolute atomic E-state index is 12.2. The quantitative estimate of drug-likeness (QED) is 0.843. The van der Waals surface area contributed by atoms with E-state index in [0.29, 0.717) is 0 Å². The zero-order chi connectivity index (χ0) is 13.3. The Kier molecular flexibility index (Phi) is 3.57. The molecule has 0 atom stereocenters. The number of aromatic nitrogens is 1. The number of carbonyl (C=O) groups is 1. The first kappa shape index (κ1) is 13.6. The standard InChI is InChI=1S/C13H21N3O/c1-9-6-7-15-8-10(9)16-11(17)12(2,3)13(4,5)14/h6-8H,14H2,1-5H3,(H,16,17). The lowest BCUT2D eigenvalue weighted by Gasteiger charge is -2.36. The van der Waals surface area contributed by atoms with Gasteiger partial charge in [-0.05, 0) is 46.2 Å². The fourth-order valence-electron chi connectivity index (χ4n) is 1.17. The third kappa shape index (κ3) is 2.82. The summed E-state index contributed by atoms with van der Waals surface area (Å²) in [6.45, 7) is 9.31. The van der Waals surface area contributed by atoms with Crippen molar-refractivity contribution < 1.29 is 4.79 Å². The normalized spacial score (nSPS) is 12.4. The van der Waals surface area contributed by atoms with Gasteiger partial charge in [-0.3, -0.25) is 9.78 Å². The molecule has 0 aliphatic rings. The zero-order valence-corrected chi connectivity index (χ0v) is 11.2. The topological polar surface area (TPSA) is 68.0 Å². The summed E-state index contributed by atoms with van der Waals surface area (Å²) in [6.07, 6.45) is 3.34. The number of aryl methyl sites for hydroxylation is 1. The number of hydrogen-bond acceptors (Lipinski definition) is 3. The second-order valence-electron chi connectivity index (χ2n) is 5.49. The number of anilines is 1. The van der Waals surface area contributed by atoms with Crippen LogP contribution in [0.25, 0.3) is 0 Å². The summed E-state index contributed by atoms with van der Waals surface area (Å²) >= 11 is 0. The van der Waals surface area contributed by atoms with E-state index in [4.69, 9.17) is 5.73 Å². The maximum Gasteiger partial charge on any atom is 0.231 e. The Morgan fingerprint density at radius 2 is 1.94 bits per heavy atom. The van der Waals surface area contributed by atoms with E-state index in [1.165, 1.54) is 0 Å². The first-order valence-corrected chi connectivity index (χ1v) is 5.67. The fourth-order valence-corrected chi connectivity index (χ4v) is 1.17. The number of hydrogen-bond donors (Lipinski definition) is 2. The molecule has 4 heteroatoms. The average Bonchev–Trinajstić information content (AvgIpc) is 2.19. The third-order valence-corrected chi connectivity index (χ3v) is 3.47. The van der Waals surface area contributed by atoms with Crippen molar-refractivity contribution in [3.8, 4) is 0 Å². The lowest BCUT2D eigenvalue weighted by molar-refractivity contribution is -0.126. The summed E-state index contributed by atoms with van der Waals surface area (Å²) < 4.78 is 0. The van der Waals surface area contributed by atoms with Gasteiger partial charge in [0.05, 0.1) is 17.3 Å². The molecule has 1 aromatic heterocycles. The van der Waals surface area contributed by atoms with E-state index in [9.17, 15) is 4.79 Å². The van der Waals surface area contributed by atoms with Crippen molar-refractivity contribution in [3.05, 3.63) is 24.0 Å².